The van der Waals surface area contributed by atoms with Crippen molar-refractivity contribution in [3.05, 3.63) is 18.0 Å². The molecule has 1 atom stereocenters. The Labute approximate surface area is 181 Å². The normalized spacial score (nSPS) is 21.8. The SMILES string of the molecule is CCNC(=NCCOC1CCCCCC1)N1CCC(c2cnn(C)c2)C1.I. The Morgan fingerprint density at radius 3 is 2.70 bits per heavy atom. The molecule has 1 aliphatic carbocycles. The average molecular weight is 489 g/mol. The fourth-order valence-corrected chi connectivity index (χ4v) is 4.08. The summed E-state index contributed by atoms with van der Waals surface area (Å²) in [4.78, 5) is 7.20. The maximum atomic E-state index is 6.08. The van der Waals surface area contributed by atoms with Gasteiger partial charge in [0, 0.05) is 38.8 Å². The number of aryl methyl sites for hydroxylation is 1. The predicted octanol–water partition coefficient (Wildman–Crippen LogP) is 3.53. The van der Waals surface area contributed by atoms with Crippen molar-refractivity contribution in [3.8, 4) is 0 Å². The van der Waals surface area contributed by atoms with Crippen LogP contribution in [0, 0.1) is 0 Å². The van der Waals surface area contributed by atoms with Gasteiger partial charge >= 0.3 is 0 Å². The van der Waals surface area contributed by atoms with Gasteiger partial charge in [-0.05, 0) is 31.7 Å². The van der Waals surface area contributed by atoms with E-state index in [0.717, 1.165) is 45.2 Å². The zero-order chi connectivity index (χ0) is 18.2. The molecule has 0 radical (unpaired) electrons. The molecule has 6 nitrogen and oxygen atoms in total. The van der Waals surface area contributed by atoms with Crippen molar-refractivity contribution in [2.75, 3.05) is 32.8 Å². The molecular formula is C20H36IN5O. The fraction of sp³-hybridized carbons (Fsp3) is 0.800. The van der Waals surface area contributed by atoms with E-state index in [1.54, 1.807) is 0 Å². The number of rotatable bonds is 6. The molecule has 2 aliphatic rings. The highest BCUT2D eigenvalue weighted by molar-refractivity contribution is 14.0. The molecular weight excluding hydrogens is 453 g/mol. The molecule has 3 rings (SSSR count). The zero-order valence-corrected chi connectivity index (χ0v) is 19.2. The van der Waals surface area contributed by atoms with Gasteiger partial charge in [-0.2, -0.15) is 5.10 Å². The van der Waals surface area contributed by atoms with Gasteiger partial charge in [0.25, 0.3) is 0 Å². The molecule has 1 aliphatic heterocycles. The first-order chi connectivity index (χ1) is 12.8. The number of aliphatic imine (C=N–C) groups is 1. The highest BCUT2D eigenvalue weighted by Gasteiger charge is 2.26. The maximum Gasteiger partial charge on any atom is 0.194 e. The molecule has 0 spiro atoms. The number of hydrogen-bond donors (Lipinski definition) is 1. The summed E-state index contributed by atoms with van der Waals surface area (Å²) >= 11 is 0. The lowest BCUT2D eigenvalue weighted by Crippen LogP contribution is -2.40. The second-order valence-corrected chi connectivity index (χ2v) is 7.60. The van der Waals surface area contributed by atoms with Crippen LogP contribution in [0.25, 0.3) is 0 Å². The summed E-state index contributed by atoms with van der Waals surface area (Å²) in [7, 11) is 1.98. The number of hydrogen-bond acceptors (Lipinski definition) is 3. The molecule has 2 heterocycles. The Hall–Kier alpha value is -0.830. The molecule has 154 valence electrons. The summed E-state index contributed by atoms with van der Waals surface area (Å²) in [5.41, 5.74) is 1.34. The summed E-state index contributed by atoms with van der Waals surface area (Å²) in [6.45, 7) is 6.57. The Bertz CT molecular complexity index is 568. The smallest absolute Gasteiger partial charge is 0.194 e. The third kappa shape index (κ3) is 6.93. The van der Waals surface area contributed by atoms with Crippen LogP contribution >= 0.6 is 24.0 Å². The van der Waals surface area contributed by atoms with Crippen LogP contribution in [0.4, 0.5) is 0 Å². The first-order valence-electron chi connectivity index (χ1n) is 10.4. The molecule has 1 saturated heterocycles. The molecule has 27 heavy (non-hydrogen) atoms. The van der Waals surface area contributed by atoms with Crippen LogP contribution in [0.1, 0.15) is 63.4 Å². The minimum Gasteiger partial charge on any atom is -0.376 e. The highest BCUT2D eigenvalue weighted by Crippen LogP contribution is 2.26. The molecule has 1 saturated carbocycles. The summed E-state index contributed by atoms with van der Waals surface area (Å²) in [5, 5.41) is 7.76. The van der Waals surface area contributed by atoms with Crippen LogP contribution in [-0.4, -0.2) is 59.5 Å². The van der Waals surface area contributed by atoms with Crippen molar-refractivity contribution in [2.24, 2.45) is 12.0 Å². The van der Waals surface area contributed by atoms with Crippen LogP contribution in [0.2, 0.25) is 0 Å². The van der Waals surface area contributed by atoms with Crippen molar-refractivity contribution in [3.63, 3.8) is 0 Å². The number of nitrogens with zero attached hydrogens (tertiary/aromatic N) is 4. The number of guanidine groups is 1. The van der Waals surface area contributed by atoms with E-state index in [2.05, 4.69) is 28.4 Å². The molecule has 2 fully saturated rings. The van der Waals surface area contributed by atoms with Crippen molar-refractivity contribution in [2.45, 2.75) is 63.9 Å². The largest absolute Gasteiger partial charge is 0.376 e. The van der Waals surface area contributed by atoms with E-state index in [1.165, 1.54) is 44.1 Å². The highest BCUT2D eigenvalue weighted by atomic mass is 127. The van der Waals surface area contributed by atoms with Gasteiger partial charge in [-0.15, -0.1) is 24.0 Å². The van der Waals surface area contributed by atoms with E-state index < -0.39 is 0 Å². The van der Waals surface area contributed by atoms with Crippen LogP contribution in [0.15, 0.2) is 17.4 Å². The average Bonchev–Trinajstić information content (AvgIpc) is 3.21. The number of likely N-dealkylation sites (tertiary alicyclic amines) is 1. The second-order valence-electron chi connectivity index (χ2n) is 7.60. The molecule has 1 aromatic heterocycles. The Morgan fingerprint density at radius 2 is 2.04 bits per heavy atom. The van der Waals surface area contributed by atoms with Crippen molar-refractivity contribution in [1.82, 2.24) is 20.0 Å². The zero-order valence-electron chi connectivity index (χ0n) is 16.9. The first-order valence-corrected chi connectivity index (χ1v) is 10.4. The predicted molar refractivity (Wildman–Crippen MR) is 121 cm³/mol. The number of aromatic nitrogens is 2. The lowest BCUT2D eigenvalue weighted by Gasteiger charge is -2.22. The number of nitrogens with one attached hydrogen (secondary N) is 1. The summed E-state index contributed by atoms with van der Waals surface area (Å²) in [6.07, 6.45) is 13.6. The number of halogens is 1. The van der Waals surface area contributed by atoms with Crippen LogP contribution in [0.5, 0.6) is 0 Å². The molecule has 1 aromatic rings. The summed E-state index contributed by atoms with van der Waals surface area (Å²) in [5.74, 6) is 1.58. The van der Waals surface area contributed by atoms with Crippen LogP contribution in [0.3, 0.4) is 0 Å². The molecule has 0 aromatic carbocycles. The van der Waals surface area contributed by atoms with Crippen molar-refractivity contribution in [1.29, 1.82) is 0 Å². The van der Waals surface area contributed by atoms with Crippen LogP contribution < -0.4 is 5.32 Å². The minimum absolute atomic E-state index is 0. The van der Waals surface area contributed by atoms with Crippen molar-refractivity contribution < 1.29 is 4.74 Å². The van der Waals surface area contributed by atoms with Gasteiger partial charge in [0.2, 0.25) is 0 Å². The molecule has 7 heteroatoms. The van der Waals surface area contributed by atoms with Gasteiger partial charge in [0.05, 0.1) is 25.5 Å². The van der Waals surface area contributed by atoms with Gasteiger partial charge in [0.15, 0.2) is 5.96 Å². The maximum absolute atomic E-state index is 6.08. The molecule has 0 bridgehead atoms. The topological polar surface area (TPSA) is 54.7 Å². The van der Waals surface area contributed by atoms with E-state index in [4.69, 9.17) is 9.73 Å². The van der Waals surface area contributed by atoms with Crippen molar-refractivity contribution >= 4 is 29.9 Å². The van der Waals surface area contributed by atoms with E-state index in [-0.39, 0.29) is 24.0 Å². The van der Waals surface area contributed by atoms with Gasteiger partial charge < -0.3 is 15.0 Å². The van der Waals surface area contributed by atoms with Crippen LogP contribution in [-0.2, 0) is 11.8 Å². The molecule has 0 amide bonds. The Kier molecular flexibility index (Phi) is 9.89. The quantitative estimate of drug-likeness (QED) is 0.219. The van der Waals surface area contributed by atoms with Gasteiger partial charge in [-0.3, -0.25) is 9.67 Å². The van der Waals surface area contributed by atoms with E-state index >= 15 is 0 Å². The van der Waals surface area contributed by atoms with E-state index in [0.29, 0.717) is 12.0 Å². The lowest BCUT2D eigenvalue weighted by molar-refractivity contribution is 0.0486. The third-order valence-electron chi connectivity index (χ3n) is 5.53. The Balaban J connectivity index is 0.00000261. The monoisotopic (exact) mass is 489 g/mol. The van der Waals surface area contributed by atoms with E-state index in [1.807, 2.05) is 17.9 Å². The Morgan fingerprint density at radius 1 is 1.26 bits per heavy atom. The third-order valence-corrected chi connectivity index (χ3v) is 5.53. The summed E-state index contributed by atoms with van der Waals surface area (Å²) < 4.78 is 7.97. The first kappa shape index (κ1) is 22.5. The van der Waals surface area contributed by atoms with Gasteiger partial charge in [-0.25, -0.2) is 0 Å². The molecule has 1 unspecified atom stereocenters. The van der Waals surface area contributed by atoms with E-state index in [9.17, 15) is 0 Å². The fourth-order valence-electron chi connectivity index (χ4n) is 4.08. The minimum atomic E-state index is 0. The summed E-state index contributed by atoms with van der Waals surface area (Å²) in [6, 6.07) is 0. The lowest BCUT2D eigenvalue weighted by atomic mass is 10.0. The second kappa shape index (κ2) is 11.9. The van der Waals surface area contributed by atoms with Gasteiger partial charge in [0.1, 0.15) is 0 Å². The van der Waals surface area contributed by atoms with Gasteiger partial charge in [-0.1, -0.05) is 25.7 Å². The molecule has 1 N–H and O–H groups in total. The number of ether oxygens (including phenoxy) is 1. The standard InChI is InChI=1S/C20H35N5O.HI/c1-3-21-20(22-11-13-26-19-8-6-4-5-7-9-19)25-12-10-17(16-25)18-14-23-24(2)15-18;/h14-15,17,19H,3-13,16H2,1-2H3,(H,21,22);1H.